The Bertz CT molecular complexity index is 1130. The number of anilines is 1. The number of rotatable bonds is 9. The summed E-state index contributed by atoms with van der Waals surface area (Å²) >= 11 is 12.2. The van der Waals surface area contributed by atoms with Gasteiger partial charge in [0.05, 0.1) is 22.0 Å². The van der Waals surface area contributed by atoms with E-state index in [9.17, 15) is 22.4 Å². The highest BCUT2D eigenvalue weighted by Gasteiger charge is 2.31. The number of amides is 2. The minimum Gasteiger partial charge on any atom is -0.352 e. The molecule has 33 heavy (non-hydrogen) atoms. The molecule has 2 amide bonds. The predicted octanol–water partition coefficient (Wildman–Crippen LogP) is 3.84. The highest BCUT2D eigenvalue weighted by atomic mass is 35.5. The molecule has 0 bridgehead atoms. The van der Waals surface area contributed by atoms with E-state index in [4.69, 9.17) is 23.2 Å². The molecule has 7 nitrogen and oxygen atoms in total. The van der Waals surface area contributed by atoms with Gasteiger partial charge < -0.3 is 10.2 Å². The molecule has 0 saturated heterocycles. The Labute approximate surface area is 203 Å². The molecule has 0 heterocycles. The minimum absolute atomic E-state index is 0.0187. The van der Waals surface area contributed by atoms with Crippen molar-refractivity contribution in [1.29, 1.82) is 0 Å². The topological polar surface area (TPSA) is 86.8 Å². The van der Waals surface area contributed by atoms with Crippen LogP contribution in [0.15, 0.2) is 42.5 Å². The summed E-state index contributed by atoms with van der Waals surface area (Å²) in [5.41, 5.74) is 0.201. The number of carbonyl (C=O) groups excluding carboxylic acids is 2. The van der Waals surface area contributed by atoms with Crippen LogP contribution in [0.5, 0.6) is 0 Å². The Morgan fingerprint density at radius 1 is 1.06 bits per heavy atom. The van der Waals surface area contributed by atoms with Crippen molar-refractivity contribution in [3.05, 3.63) is 63.9 Å². The molecule has 180 valence electrons. The molecule has 2 rings (SSSR count). The van der Waals surface area contributed by atoms with Gasteiger partial charge in [-0.05, 0) is 39.0 Å². The van der Waals surface area contributed by atoms with Gasteiger partial charge in [0.25, 0.3) is 0 Å². The summed E-state index contributed by atoms with van der Waals surface area (Å²) in [5.74, 6) is -1.72. The van der Waals surface area contributed by atoms with Crippen LogP contribution < -0.4 is 9.62 Å². The third-order valence-corrected chi connectivity index (χ3v) is 6.71. The van der Waals surface area contributed by atoms with E-state index in [2.05, 4.69) is 5.32 Å². The Hall–Kier alpha value is -2.36. The Balaban J connectivity index is 2.45. The maximum Gasteiger partial charge on any atom is 0.244 e. The minimum atomic E-state index is -3.96. The lowest BCUT2D eigenvalue weighted by atomic mass is 10.1. The first kappa shape index (κ1) is 26.9. The third-order valence-electron chi connectivity index (χ3n) is 4.78. The molecule has 0 spiro atoms. The maximum atomic E-state index is 14.3. The van der Waals surface area contributed by atoms with Crippen LogP contribution in [0.1, 0.15) is 26.3 Å². The van der Waals surface area contributed by atoms with Gasteiger partial charge in [0.2, 0.25) is 21.8 Å². The number of hydrogen-bond donors (Lipinski definition) is 1. The average molecular weight is 518 g/mol. The number of benzene rings is 2. The lowest BCUT2D eigenvalue weighted by molar-refractivity contribution is -0.139. The van der Waals surface area contributed by atoms with Crippen molar-refractivity contribution in [3.8, 4) is 0 Å². The molecule has 1 N–H and O–H groups in total. The van der Waals surface area contributed by atoms with Crippen molar-refractivity contribution in [1.82, 2.24) is 10.2 Å². The van der Waals surface area contributed by atoms with Crippen molar-refractivity contribution >= 4 is 50.7 Å². The summed E-state index contributed by atoms with van der Waals surface area (Å²) in [6.45, 7) is 4.12. The smallest absolute Gasteiger partial charge is 0.244 e. The van der Waals surface area contributed by atoms with E-state index in [-0.39, 0.29) is 33.9 Å². The molecule has 0 saturated carbocycles. The molecule has 1 atom stereocenters. The van der Waals surface area contributed by atoms with E-state index in [0.29, 0.717) is 0 Å². The monoisotopic (exact) mass is 517 g/mol. The second kappa shape index (κ2) is 11.2. The van der Waals surface area contributed by atoms with E-state index >= 15 is 0 Å². The zero-order chi connectivity index (χ0) is 24.9. The molecule has 0 aliphatic rings. The SMILES string of the molecule is CC(C)NC(=O)[C@H](C)N(Cc1ccccc1F)C(=O)CN(c1cccc(Cl)c1Cl)S(C)(=O)=O. The van der Waals surface area contributed by atoms with Gasteiger partial charge in [-0.2, -0.15) is 0 Å². The number of nitrogens with zero attached hydrogens (tertiary/aromatic N) is 2. The molecule has 0 fully saturated rings. The molecular weight excluding hydrogens is 492 g/mol. The first-order valence-corrected chi connectivity index (χ1v) is 12.7. The lowest BCUT2D eigenvalue weighted by Gasteiger charge is -2.32. The largest absolute Gasteiger partial charge is 0.352 e. The first-order chi connectivity index (χ1) is 15.3. The summed E-state index contributed by atoms with van der Waals surface area (Å²) in [7, 11) is -3.96. The summed E-state index contributed by atoms with van der Waals surface area (Å²) in [6.07, 6.45) is 0.924. The molecular formula is C22H26Cl2FN3O4S. The van der Waals surface area contributed by atoms with Crippen molar-refractivity contribution in [2.45, 2.75) is 39.4 Å². The summed E-state index contributed by atoms with van der Waals surface area (Å²) < 4.78 is 40.2. The number of nitrogens with one attached hydrogen (secondary N) is 1. The van der Waals surface area contributed by atoms with Gasteiger partial charge in [-0.1, -0.05) is 47.5 Å². The predicted molar refractivity (Wildman–Crippen MR) is 128 cm³/mol. The second-order valence-electron chi connectivity index (χ2n) is 7.79. The van der Waals surface area contributed by atoms with Gasteiger partial charge in [-0.15, -0.1) is 0 Å². The number of halogens is 3. The van der Waals surface area contributed by atoms with Gasteiger partial charge in [-0.25, -0.2) is 12.8 Å². The fraction of sp³-hybridized carbons (Fsp3) is 0.364. The quantitative estimate of drug-likeness (QED) is 0.547. The highest BCUT2D eigenvalue weighted by molar-refractivity contribution is 7.92. The third kappa shape index (κ3) is 7.06. The Kier molecular flexibility index (Phi) is 9.11. The lowest BCUT2D eigenvalue weighted by Crippen LogP contribution is -2.52. The van der Waals surface area contributed by atoms with Crippen LogP contribution in [0.25, 0.3) is 0 Å². The van der Waals surface area contributed by atoms with Crippen LogP contribution in [0.2, 0.25) is 10.0 Å². The van der Waals surface area contributed by atoms with Crippen LogP contribution in [0.4, 0.5) is 10.1 Å². The molecule has 2 aromatic rings. The fourth-order valence-corrected chi connectivity index (χ4v) is 4.38. The molecule has 11 heteroatoms. The number of carbonyl (C=O) groups is 2. The van der Waals surface area contributed by atoms with E-state index in [1.165, 1.54) is 43.3 Å². The van der Waals surface area contributed by atoms with E-state index in [1.807, 2.05) is 0 Å². The van der Waals surface area contributed by atoms with E-state index < -0.39 is 40.2 Å². The number of hydrogen-bond acceptors (Lipinski definition) is 4. The summed E-state index contributed by atoms with van der Waals surface area (Å²) in [4.78, 5) is 27.1. The molecule has 0 radical (unpaired) electrons. The van der Waals surface area contributed by atoms with Crippen LogP contribution in [0, 0.1) is 5.82 Å². The van der Waals surface area contributed by atoms with Crippen LogP contribution in [-0.4, -0.2) is 50.0 Å². The van der Waals surface area contributed by atoms with Gasteiger partial charge >= 0.3 is 0 Å². The van der Waals surface area contributed by atoms with E-state index in [1.54, 1.807) is 19.9 Å². The second-order valence-corrected chi connectivity index (χ2v) is 10.5. The maximum absolute atomic E-state index is 14.3. The van der Waals surface area contributed by atoms with Gasteiger partial charge in [0.1, 0.15) is 18.4 Å². The molecule has 0 aliphatic carbocycles. The van der Waals surface area contributed by atoms with Crippen molar-refractivity contribution in [2.24, 2.45) is 0 Å². The Morgan fingerprint density at radius 2 is 1.70 bits per heavy atom. The van der Waals surface area contributed by atoms with Crippen molar-refractivity contribution < 1.29 is 22.4 Å². The highest BCUT2D eigenvalue weighted by Crippen LogP contribution is 2.33. The molecule has 0 aliphatic heterocycles. The standard InChI is InChI=1S/C22H26Cl2FN3O4S/c1-14(2)26-22(30)15(3)27(12-16-8-5-6-10-18(16)25)20(29)13-28(33(4,31)32)19-11-7-9-17(23)21(19)24/h5-11,14-15H,12-13H2,1-4H3,(H,26,30)/t15-/m0/s1. The van der Waals surface area contributed by atoms with E-state index in [0.717, 1.165) is 15.5 Å². The van der Waals surface area contributed by atoms with Crippen LogP contribution in [-0.2, 0) is 26.2 Å². The summed E-state index contributed by atoms with van der Waals surface area (Å²) in [6, 6.07) is 9.05. The number of sulfonamides is 1. The molecule has 2 aromatic carbocycles. The molecule has 0 aromatic heterocycles. The van der Waals surface area contributed by atoms with Gasteiger partial charge in [-0.3, -0.25) is 13.9 Å². The van der Waals surface area contributed by atoms with Crippen LogP contribution >= 0.6 is 23.2 Å². The first-order valence-electron chi connectivity index (χ1n) is 10.1. The Morgan fingerprint density at radius 3 is 2.27 bits per heavy atom. The van der Waals surface area contributed by atoms with Crippen LogP contribution in [0.3, 0.4) is 0 Å². The van der Waals surface area contributed by atoms with Gasteiger partial charge in [0.15, 0.2) is 0 Å². The molecule has 0 unspecified atom stereocenters. The zero-order valence-corrected chi connectivity index (χ0v) is 21.0. The zero-order valence-electron chi connectivity index (χ0n) is 18.7. The van der Waals surface area contributed by atoms with Gasteiger partial charge in [0, 0.05) is 18.2 Å². The normalized spacial score (nSPS) is 12.4. The van der Waals surface area contributed by atoms with Crippen molar-refractivity contribution in [3.63, 3.8) is 0 Å². The van der Waals surface area contributed by atoms with Crippen molar-refractivity contribution in [2.75, 3.05) is 17.1 Å². The fourth-order valence-electron chi connectivity index (χ4n) is 3.08. The average Bonchev–Trinajstić information content (AvgIpc) is 2.71. The summed E-state index contributed by atoms with van der Waals surface area (Å²) in [5, 5.41) is 2.79.